The molecule has 3 aromatic carbocycles. The molecule has 0 bridgehead atoms. The Kier molecular flexibility index (Phi) is 5.15. The molecule has 0 aliphatic rings. The molecule has 0 unspecified atom stereocenters. The summed E-state index contributed by atoms with van der Waals surface area (Å²) < 4.78 is 12.8. The number of hydrogen-bond donors (Lipinski definition) is 0. The van der Waals surface area contributed by atoms with Crippen molar-refractivity contribution in [2.45, 2.75) is 0 Å². The topological polar surface area (TPSA) is 56.5 Å². The maximum absolute atomic E-state index is 12.8. The minimum atomic E-state index is -0.485. The van der Waals surface area contributed by atoms with Crippen LogP contribution in [-0.2, 0) is 0 Å². The van der Waals surface area contributed by atoms with Crippen molar-refractivity contribution in [3.05, 3.63) is 97.7 Å². The van der Waals surface area contributed by atoms with Gasteiger partial charge in [0, 0.05) is 15.0 Å². The van der Waals surface area contributed by atoms with Crippen LogP contribution in [0.4, 0.5) is 0 Å². The molecule has 0 aliphatic heterocycles. The van der Waals surface area contributed by atoms with Gasteiger partial charge in [-0.25, -0.2) is 4.79 Å². The molecule has 0 atom stereocenters. The van der Waals surface area contributed by atoms with E-state index < -0.39 is 5.97 Å². The first kappa shape index (κ1) is 18.7. The van der Waals surface area contributed by atoms with Crippen LogP contribution in [0.2, 0.25) is 0 Å². The molecular formula is C22H12Br2O4. The average Bonchev–Trinajstić information content (AvgIpc) is 2.69. The van der Waals surface area contributed by atoms with Crippen molar-refractivity contribution in [1.29, 1.82) is 0 Å². The van der Waals surface area contributed by atoms with E-state index in [1.54, 1.807) is 42.5 Å². The van der Waals surface area contributed by atoms with Crippen LogP contribution in [-0.4, -0.2) is 5.97 Å². The third-order valence-corrected chi connectivity index (χ3v) is 5.25. The molecule has 0 fully saturated rings. The third kappa shape index (κ3) is 3.79. The fraction of sp³-hybridized carbons (Fsp3) is 0. The Morgan fingerprint density at radius 2 is 1.50 bits per heavy atom. The predicted molar refractivity (Wildman–Crippen MR) is 115 cm³/mol. The largest absolute Gasteiger partial charge is 0.463 e. The monoisotopic (exact) mass is 498 g/mol. The van der Waals surface area contributed by atoms with Crippen molar-refractivity contribution < 1.29 is 13.9 Å². The van der Waals surface area contributed by atoms with E-state index in [1.807, 2.05) is 24.3 Å². The summed E-state index contributed by atoms with van der Waals surface area (Å²) in [5, 5.41) is 0.420. The van der Waals surface area contributed by atoms with Gasteiger partial charge in [-0.05, 0) is 54.1 Å². The summed E-state index contributed by atoms with van der Waals surface area (Å²) >= 11 is 6.70. The molecule has 6 heteroatoms. The van der Waals surface area contributed by atoms with Crippen LogP contribution in [0.5, 0.6) is 5.75 Å². The van der Waals surface area contributed by atoms with Crippen LogP contribution in [0.1, 0.15) is 10.4 Å². The quantitative estimate of drug-likeness (QED) is 0.248. The second-order valence-electron chi connectivity index (χ2n) is 6.04. The van der Waals surface area contributed by atoms with E-state index in [4.69, 9.17) is 9.15 Å². The van der Waals surface area contributed by atoms with Gasteiger partial charge >= 0.3 is 5.97 Å². The van der Waals surface area contributed by atoms with Gasteiger partial charge in [-0.15, -0.1) is 0 Å². The number of hydrogen-bond acceptors (Lipinski definition) is 4. The summed E-state index contributed by atoms with van der Waals surface area (Å²) in [7, 11) is 0. The molecule has 138 valence electrons. The van der Waals surface area contributed by atoms with E-state index in [1.165, 1.54) is 6.26 Å². The Labute approximate surface area is 177 Å². The molecule has 0 saturated carbocycles. The summed E-state index contributed by atoms with van der Waals surface area (Å²) in [6, 6.07) is 19.0. The number of esters is 1. The molecule has 4 rings (SSSR count). The van der Waals surface area contributed by atoms with Crippen molar-refractivity contribution in [2.24, 2.45) is 0 Å². The van der Waals surface area contributed by atoms with Crippen molar-refractivity contribution in [3.63, 3.8) is 0 Å². The van der Waals surface area contributed by atoms with Crippen LogP contribution >= 0.6 is 31.9 Å². The summed E-state index contributed by atoms with van der Waals surface area (Å²) in [5.41, 5.74) is 1.88. The van der Waals surface area contributed by atoms with E-state index in [0.717, 1.165) is 14.5 Å². The van der Waals surface area contributed by atoms with E-state index >= 15 is 0 Å². The van der Waals surface area contributed by atoms with Crippen molar-refractivity contribution in [3.8, 4) is 16.9 Å². The minimum absolute atomic E-state index is 0.144. The van der Waals surface area contributed by atoms with Gasteiger partial charge < -0.3 is 9.15 Å². The Hall–Kier alpha value is -2.70. The first-order chi connectivity index (χ1) is 13.5. The zero-order valence-electron chi connectivity index (χ0n) is 14.3. The number of ether oxygens (including phenoxy) is 1. The SMILES string of the molecule is O=C(Oc1ccc2c(=O)c(-c3ccc(Br)cc3)coc2c1)c1ccc(Br)cc1. The van der Waals surface area contributed by atoms with Crippen LogP contribution in [0.25, 0.3) is 22.1 Å². The summed E-state index contributed by atoms with van der Waals surface area (Å²) in [6.45, 7) is 0. The molecular weight excluding hydrogens is 488 g/mol. The lowest BCUT2D eigenvalue weighted by atomic mass is 10.1. The Bertz CT molecular complexity index is 1230. The average molecular weight is 500 g/mol. The zero-order chi connectivity index (χ0) is 19.7. The van der Waals surface area contributed by atoms with Crippen LogP contribution in [0, 0.1) is 0 Å². The molecule has 1 heterocycles. The number of benzene rings is 3. The molecule has 0 amide bonds. The standard InChI is InChI=1S/C22H12Br2O4/c23-15-5-1-13(2-6-15)19-12-27-20-11-17(9-10-18(20)21(19)25)28-22(26)14-3-7-16(24)8-4-14/h1-12H. The fourth-order valence-electron chi connectivity index (χ4n) is 2.75. The highest BCUT2D eigenvalue weighted by Crippen LogP contribution is 2.25. The van der Waals surface area contributed by atoms with Gasteiger partial charge in [0.25, 0.3) is 0 Å². The molecule has 0 aliphatic carbocycles. The smallest absolute Gasteiger partial charge is 0.343 e. The maximum atomic E-state index is 12.8. The van der Waals surface area contributed by atoms with Crippen molar-refractivity contribution in [1.82, 2.24) is 0 Å². The van der Waals surface area contributed by atoms with Gasteiger partial charge in [0.15, 0.2) is 5.43 Å². The number of rotatable bonds is 3. The van der Waals surface area contributed by atoms with E-state index in [9.17, 15) is 9.59 Å². The van der Waals surface area contributed by atoms with Gasteiger partial charge in [-0.3, -0.25) is 4.79 Å². The van der Waals surface area contributed by atoms with Crippen molar-refractivity contribution in [2.75, 3.05) is 0 Å². The first-order valence-corrected chi connectivity index (χ1v) is 9.89. The highest BCUT2D eigenvalue weighted by atomic mass is 79.9. The Morgan fingerprint density at radius 3 is 2.18 bits per heavy atom. The Balaban J connectivity index is 1.65. The van der Waals surface area contributed by atoms with Gasteiger partial charge in [-0.2, -0.15) is 0 Å². The molecule has 4 nitrogen and oxygen atoms in total. The first-order valence-electron chi connectivity index (χ1n) is 8.30. The zero-order valence-corrected chi connectivity index (χ0v) is 17.5. The number of carbonyl (C=O) groups excluding carboxylic acids is 1. The number of fused-ring (bicyclic) bond motifs is 1. The summed E-state index contributed by atoms with van der Waals surface area (Å²) in [4.78, 5) is 25.1. The van der Waals surface area contributed by atoms with Crippen LogP contribution in [0.15, 0.2) is 91.2 Å². The number of carbonyl (C=O) groups is 1. The number of halogens is 2. The van der Waals surface area contributed by atoms with E-state index in [-0.39, 0.29) is 5.43 Å². The van der Waals surface area contributed by atoms with Gasteiger partial charge in [0.1, 0.15) is 17.6 Å². The second kappa shape index (κ2) is 7.73. The lowest BCUT2D eigenvalue weighted by Gasteiger charge is -2.07. The van der Waals surface area contributed by atoms with Gasteiger partial charge in [-0.1, -0.05) is 44.0 Å². The lowest BCUT2D eigenvalue weighted by Crippen LogP contribution is -2.09. The highest BCUT2D eigenvalue weighted by Gasteiger charge is 2.13. The molecule has 0 N–H and O–H groups in total. The van der Waals surface area contributed by atoms with E-state index in [0.29, 0.717) is 27.8 Å². The van der Waals surface area contributed by atoms with Crippen LogP contribution < -0.4 is 10.2 Å². The van der Waals surface area contributed by atoms with Gasteiger partial charge in [0.05, 0.1) is 16.5 Å². The molecule has 0 spiro atoms. The molecule has 0 saturated heterocycles. The predicted octanol–water partition coefficient (Wildman–Crippen LogP) is 6.20. The van der Waals surface area contributed by atoms with Crippen molar-refractivity contribution >= 4 is 48.8 Å². The van der Waals surface area contributed by atoms with E-state index in [2.05, 4.69) is 31.9 Å². The lowest BCUT2D eigenvalue weighted by molar-refractivity contribution is 0.0735. The van der Waals surface area contributed by atoms with Gasteiger partial charge in [0.2, 0.25) is 0 Å². The molecule has 1 aromatic heterocycles. The normalized spacial score (nSPS) is 10.8. The minimum Gasteiger partial charge on any atom is -0.463 e. The Morgan fingerprint density at radius 1 is 0.857 bits per heavy atom. The molecule has 28 heavy (non-hydrogen) atoms. The molecule has 0 radical (unpaired) electrons. The second-order valence-corrected chi connectivity index (χ2v) is 7.87. The fourth-order valence-corrected chi connectivity index (χ4v) is 3.28. The summed E-state index contributed by atoms with van der Waals surface area (Å²) in [6.07, 6.45) is 1.42. The maximum Gasteiger partial charge on any atom is 0.343 e. The summed E-state index contributed by atoms with van der Waals surface area (Å²) in [5.74, 6) is -0.180. The molecule has 4 aromatic rings. The van der Waals surface area contributed by atoms with Crippen LogP contribution in [0.3, 0.4) is 0 Å². The highest BCUT2D eigenvalue weighted by molar-refractivity contribution is 9.10. The third-order valence-electron chi connectivity index (χ3n) is 4.19.